The van der Waals surface area contributed by atoms with Crippen molar-refractivity contribution in [2.75, 3.05) is 21.3 Å². The number of hydrogen-bond acceptors (Lipinski definition) is 7. The van der Waals surface area contributed by atoms with Crippen LogP contribution in [0.4, 0.5) is 4.39 Å². The predicted molar refractivity (Wildman–Crippen MR) is 119 cm³/mol. The van der Waals surface area contributed by atoms with Gasteiger partial charge in [-0.3, -0.25) is 0 Å². The summed E-state index contributed by atoms with van der Waals surface area (Å²) in [7, 11) is 4.44. The summed E-state index contributed by atoms with van der Waals surface area (Å²) in [6.45, 7) is 0.364. The van der Waals surface area contributed by atoms with Gasteiger partial charge in [0.15, 0.2) is 0 Å². The monoisotopic (exact) mass is 448 g/mol. The Morgan fingerprint density at radius 2 is 1.76 bits per heavy atom. The number of esters is 1. The first-order chi connectivity index (χ1) is 16.0. The molecule has 0 bridgehead atoms. The van der Waals surface area contributed by atoms with E-state index >= 15 is 0 Å². The molecule has 0 saturated carbocycles. The molecule has 168 valence electrons. The van der Waals surface area contributed by atoms with E-state index in [1.807, 2.05) is 42.5 Å². The van der Waals surface area contributed by atoms with Crippen LogP contribution in [0.25, 0.3) is 34.0 Å². The van der Waals surface area contributed by atoms with E-state index in [1.165, 1.54) is 25.3 Å². The molecule has 0 N–H and O–H groups in total. The summed E-state index contributed by atoms with van der Waals surface area (Å²) in [5, 5.41) is 3.96. The predicted octanol–water partition coefficient (Wildman–Crippen LogP) is 5.15. The van der Waals surface area contributed by atoms with Gasteiger partial charge in [-0.1, -0.05) is 29.4 Å². The Balaban J connectivity index is 1.69. The van der Waals surface area contributed by atoms with E-state index in [2.05, 4.69) is 14.9 Å². The van der Waals surface area contributed by atoms with Gasteiger partial charge in [-0.25, -0.2) is 9.18 Å². The zero-order valence-electron chi connectivity index (χ0n) is 18.3. The van der Waals surface area contributed by atoms with E-state index in [-0.39, 0.29) is 17.3 Å². The number of hydrogen-bond donors (Lipinski definition) is 0. The van der Waals surface area contributed by atoms with E-state index in [1.54, 1.807) is 14.2 Å². The summed E-state index contributed by atoms with van der Waals surface area (Å²) in [6, 6.07) is 17.5. The summed E-state index contributed by atoms with van der Waals surface area (Å²) in [5.41, 5.74) is 3.70. The molecular formula is C25H21FN2O5. The van der Waals surface area contributed by atoms with Gasteiger partial charge in [0, 0.05) is 23.8 Å². The Hall–Kier alpha value is -4.04. The lowest BCUT2D eigenvalue weighted by molar-refractivity contribution is 0.0595. The molecule has 0 aliphatic carbocycles. The van der Waals surface area contributed by atoms with Crippen LogP contribution in [0, 0.1) is 5.82 Å². The third-order valence-electron chi connectivity index (χ3n) is 5.11. The Morgan fingerprint density at radius 3 is 2.48 bits per heavy atom. The van der Waals surface area contributed by atoms with Crippen LogP contribution in [0.5, 0.6) is 5.75 Å². The molecule has 0 atom stereocenters. The van der Waals surface area contributed by atoms with Gasteiger partial charge in [0.25, 0.3) is 5.89 Å². The van der Waals surface area contributed by atoms with E-state index in [0.29, 0.717) is 17.7 Å². The highest BCUT2D eigenvalue weighted by Gasteiger charge is 2.18. The van der Waals surface area contributed by atoms with Gasteiger partial charge >= 0.3 is 5.97 Å². The summed E-state index contributed by atoms with van der Waals surface area (Å²) in [6.07, 6.45) is 0. The molecule has 4 rings (SSSR count). The normalized spacial score (nSPS) is 10.8. The van der Waals surface area contributed by atoms with Gasteiger partial charge in [0.1, 0.15) is 11.6 Å². The van der Waals surface area contributed by atoms with Crippen LogP contribution in [0.2, 0.25) is 0 Å². The molecular weight excluding hydrogens is 427 g/mol. The first-order valence-corrected chi connectivity index (χ1v) is 10.0. The molecule has 0 fully saturated rings. The fourth-order valence-electron chi connectivity index (χ4n) is 3.52. The summed E-state index contributed by atoms with van der Waals surface area (Å²) >= 11 is 0. The molecule has 7 nitrogen and oxygen atoms in total. The highest BCUT2D eigenvalue weighted by molar-refractivity contribution is 5.90. The minimum Gasteiger partial charge on any atom is -0.496 e. The van der Waals surface area contributed by atoms with Gasteiger partial charge in [-0.2, -0.15) is 4.98 Å². The van der Waals surface area contributed by atoms with Crippen LogP contribution >= 0.6 is 0 Å². The molecule has 33 heavy (non-hydrogen) atoms. The van der Waals surface area contributed by atoms with Crippen molar-refractivity contribution in [1.29, 1.82) is 0 Å². The molecule has 0 aliphatic rings. The van der Waals surface area contributed by atoms with E-state index in [4.69, 9.17) is 14.0 Å². The minimum absolute atomic E-state index is 0.166. The molecule has 3 aromatic carbocycles. The van der Waals surface area contributed by atoms with E-state index < -0.39 is 11.8 Å². The standard InChI is InChI=1S/C25H21FN2O5/c1-30-14-17-12-16(9-10-18(17)19-6-4-5-7-22(19)31-2)24-27-23(28-33-24)15-8-11-20(21(26)13-15)25(29)32-3/h4-13H,14H2,1-3H3. The minimum atomic E-state index is -0.756. The first-order valence-electron chi connectivity index (χ1n) is 10.0. The highest BCUT2D eigenvalue weighted by atomic mass is 19.1. The van der Waals surface area contributed by atoms with Crippen LogP contribution in [-0.2, 0) is 16.1 Å². The zero-order valence-corrected chi connectivity index (χ0v) is 18.3. The van der Waals surface area contributed by atoms with Crippen molar-refractivity contribution in [3.8, 4) is 39.7 Å². The van der Waals surface area contributed by atoms with Crippen molar-refractivity contribution < 1.29 is 27.9 Å². The number of para-hydroxylation sites is 1. The van der Waals surface area contributed by atoms with Gasteiger partial charge in [-0.15, -0.1) is 0 Å². The Bertz CT molecular complexity index is 1300. The second-order valence-electron chi connectivity index (χ2n) is 7.11. The van der Waals surface area contributed by atoms with Crippen molar-refractivity contribution in [2.45, 2.75) is 6.61 Å². The van der Waals surface area contributed by atoms with Gasteiger partial charge in [-0.05, 0) is 47.5 Å². The van der Waals surface area contributed by atoms with Gasteiger partial charge in [0.05, 0.1) is 26.4 Å². The number of methoxy groups -OCH3 is 3. The average Bonchev–Trinajstić information content (AvgIpc) is 3.34. The fourth-order valence-corrected chi connectivity index (χ4v) is 3.52. The quantitative estimate of drug-likeness (QED) is 0.362. The lowest BCUT2D eigenvalue weighted by atomic mass is 9.97. The third kappa shape index (κ3) is 4.47. The molecule has 1 heterocycles. The van der Waals surface area contributed by atoms with Crippen LogP contribution in [-0.4, -0.2) is 37.4 Å². The third-order valence-corrected chi connectivity index (χ3v) is 5.11. The molecule has 4 aromatic rings. The summed E-state index contributed by atoms with van der Waals surface area (Å²) in [4.78, 5) is 16.0. The van der Waals surface area contributed by atoms with Crippen LogP contribution in [0.3, 0.4) is 0 Å². The molecule has 0 spiro atoms. The maximum absolute atomic E-state index is 14.3. The highest BCUT2D eigenvalue weighted by Crippen LogP contribution is 2.35. The zero-order chi connectivity index (χ0) is 23.4. The number of carbonyl (C=O) groups is 1. The van der Waals surface area contributed by atoms with Gasteiger partial charge in [0.2, 0.25) is 5.82 Å². The van der Waals surface area contributed by atoms with Crippen molar-refractivity contribution in [3.05, 3.63) is 77.6 Å². The van der Waals surface area contributed by atoms with Crippen molar-refractivity contribution in [1.82, 2.24) is 10.1 Å². The SMILES string of the molecule is COCc1cc(-c2nc(-c3ccc(C(=O)OC)c(F)c3)no2)ccc1-c1ccccc1OC. The van der Waals surface area contributed by atoms with Crippen molar-refractivity contribution in [2.24, 2.45) is 0 Å². The first kappa shape index (κ1) is 22.2. The lowest BCUT2D eigenvalue weighted by Gasteiger charge is -2.13. The maximum Gasteiger partial charge on any atom is 0.340 e. The van der Waals surface area contributed by atoms with E-state index in [9.17, 15) is 9.18 Å². The molecule has 8 heteroatoms. The number of rotatable bonds is 7. The summed E-state index contributed by atoms with van der Waals surface area (Å²) < 4.78 is 35.2. The number of ether oxygens (including phenoxy) is 3. The van der Waals surface area contributed by atoms with Gasteiger partial charge < -0.3 is 18.7 Å². The molecule has 0 amide bonds. The van der Waals surface area contributed by atoms with E-state index in [0.717, 1.165) is 22.4 Å². The largest absolute Gasteiger partial charge is 0.496 e. The van der Waals surface area contributed by atoms with Crippen LogP contribution in [0.1, 0.15) is 15.9 Å². The average molecular weight is 448 g/mol. The Morgan fingerprint density at radius 1 is 0.970 bits per heavy atom. The summed E-state index contributed by atoms with van der Waals surface area (Å²) in [5.74, 6) is -0.267. The van der Waals surface area contributed by atoms with Crippen molar-refractivity contribution in [3.63, 3.8) is 0 Å². The Labute approximate surface area is 189 Å². The molecule has 0 saturated heterocycles. The van der Waals surface area contributed by atoms with Crippen LogP contribution < -0.4 is 4.74 Å². The topological polar surface area (TPSA) is 83.7 Å². The Kier molecular flexibility index (Phi) is 6.46. The van der Waals surface area contributed by atoms with Crippen LogP contribution in [0.15, 0.2) is 65.2 Å². The number of halogens is 1. The molecule has 0 unspecified atom stereocenters. The second kappa shape index (κ2) is 9.62. The molecule has 0 aliphatic heterocycles. The molecule has 0 radical (unpaired) electrons. The lowest BCUT2D eigenvalue weighted by Crippen LogP contribution is -2.04. The number of nitrogens with zero attached hydrogens (tertiary/aromatic N) is 2. The molecule has 1 aromatic heterocycles. The number of carbonyl (C=O) groups excluding carboxylic acids is 1. The number of benzene rings is 3. The smallest absolute Gasteiger partial charge is 0.340 e. The number of aromatic nitrogens is 2. The second-order valence-corrected chi connectivity index (χ2v) is 7.11. The maximum atomic E-state index is 14.3. The fraction of sp³-hybridized carbons (Fsp3) is 0.160. The van der Waals surface area contributed by atoms with Crippen molar-refractivity contribution >= 4 is 5.97 Å².